The highest BCUT2D eigenvalue weighted by Gasteiger charge is 2.54. The third-order valence-electron chi connectivity index (χ3n) is 6.14. The fraction of sp³-hybridized carbons (Fsp3) is 0.435. The number of carboxylic acids is 1. The molecule has 0 radical (unpaired) electrons. The van der Waals surface area contributed by atoms with E-state index in [1.807, 2.05) is 18.2 Å². The molecule has 0 spiro atoms. The minimum atomic E-state index is -3.84. The first-order chi connectivity index (χ1) is 14.4. The van der Waals surface area contributed by atoms with Crippen LogP contribution >= 0.6 is 7.37 Å². The summed E-state index contributed by atoms with van der Waals surface area (Å²) in [5, 5.41) is 8.32. The van der Waals surface area contributed by atoms with Crippen LogP contribution in [-0.4, -0.2) is 51.8 Å². The number of hydrogen-bond donors (Lipinski definition) is 3. The van der Waals surface area contributed by atoms with Crippen molar-refractivity contribution in [3.05, 3.63) is 60.2 Å². The van der Waals surface area contributed by atoms with Gasteiger partial charge in [-0.05, 0) is 42.5 Å². The Labute approximate surface area is 178 Å². The minimum absolute atomic E-state index is 0.00399. The molecule has 4 N–H and O–H groups in total. The molecule has 2 unspecified atom stereocenters. The van der Waals surface area contributed by atoms with Crippen molar-refractivity contribution >= 4 is 13.3 Å². The van der Waals surface area contributed by atoms with Gasteiger partial charge in [-0.15, -0.1) is 0 Å². The van der Waals surface area contributed by atoms with E-state index in [-0.39, 0.29) is 19.0 Å². The Balaban J connectivity index is 1.70. The standard InChI is InChI=1S/C23H31N2O4P/c24-14-5-4-12-23(22(26)27)13-15-25(16-17-30(23,28)29)18-19-8-10-21(11-9-19)20-6-2-1-3-7-20/h1-3,6-11H,4-5,12-18,24H2,(H,26,27)(H,28,29). The predicted octanol–water partition coefficient (Wildman–Crippen LogP) is 3.78. The Morgan fingerprint density at radius 1 is 1.03 bits per heavy atom. The molecule has 2 aromatic rings. The Bertz CT molecular complexity index is 888. The maximum Gasteiger partial charge on any atom is 0.319 e. The van der Waals surface area contributed by atoms with Crippen LogP contribution in [0, 0.1) is 0 Å². The quantitative estimate of drug-likeness (QED) is 0.435. The molecule has 6 nitrogen and oxygen atoms in total. The highest BCUT2D eigenvalue weighted by Crippen LogP contribution is 2.59. The van der Waals surface area contributed by atoms with Crippen LogP contribution in [0.4, 0.5) is 0 Å². The van der Waals surface area contributed by atoms with Gasteiger partial charge in [0.25, 0.3) is 0 Å². The number of benzene rings is 2. The van der Waals surface area contributed by atoms with Gasteiger partial charge in [-0.25, -0.2) is 0 Å². The van der Waals surface area contributed by atoms with Crippen molar-refractivity contribution in [3.63, 3.8) is 0 Å². The maximum atomic E-state index is 13.1. The van der Waals surface area contributed by atoms with Crippen molar-refractivity contribution in [2.24, 2.45) is 5.73 Å². The summed E-state index contributed by atoms with van der Waals surface area (Å²) in [4.78, 5) is 24.9. The van der Waals surface area contributed by atoms with Gasteiger partial charge in [0, 0.05) is 25.8 Å². The Kier molecular flexibility index (Phi) is 7.48. The summed E-state index contributed by atoms with van der Waals surface area (Å²) in [5.74, 6) is -1.15. The summed E-state index contributed by atoms with van der Waals surface area (Å²) in [5.41, 5.74) is 8.93. The summed E-state index contributed by atoms with van der Waals surface area (Å²) in [6.07, 6.45) is 1.60. The number of carboxylic acid groups (broad SMARTS) is 1. The van der Waals surface area contributed by atoms with Crippen molar-refractivity contribution < 1.29 is 19.4 Å². The van der Waals surface area contributed by atoms with E-state index in [0.717, 1.165) is 16.7 Å². The SMILES string of the molecule is NCCCCC1(C(=O)O)CCN(Cc2ccc(-c3ccccc3)cc2)CCP1(=O)O. The number of carbonyl (C=O) groups is 1. The topological polar surface area (TPSA) is 104 Å². The Morgan fingerprint density at radius 2 is 1.70 bits per heavy atom. The number of unbranched alkanes of at least 4 members (excludes halogenated alkanes) is 1. The largest absolute Gasteiger partial charge is 0.480 e. The predicted molar refractivity (Wildman–Crippen MR) is 120 cm³/mol. The van der Waals surface area contributed by atoms with E-state index < -0.39 is 18.5 Å². The van der Waals surface area contributed by atoms with Gasteiger partial charge in [0.2, 0.25) is 7.37 Å². The van der Waals surface area contributed by atoms with Crippen LogP contribution in [0.25, 0.3) is 11.1 Å². The molecule has 0 aliphatic carbocycles. The minimum Gasteiger partial charge on any atom is -0.480 e. The number of nitrogens with zero attached hydrogens (tertiary/aromatic N) is 1. The average Bonchev–Trinajstić information content (AvgIpc) is 2.87. The smallest absolute Gasteiger partial charge is 0.319 e. The molecule has 0 bridgehead atoms. The fourth-order valence-electron chi connectivity index (χ4n) is 4.19. The van der Waals surface area contributed by atoms with Gasteiger partial charge in [0.15, 0.2) is 0 Å². The van der Waals surface area contributed by atoms with E-state index in [2.05, 4.69) is 41.3 Å². The molecule has 7 heteroatoms. The third kappa shape index (κ3) is 5.01. The van der Waals surface area contributed by atoms with E-state index in [9.17, 15) is 19.4 Å². The van der Waals surface area contributed by atoms with Gasteiger partial charge in [-0.2, -0.15) is 0 Å². The molecule has 1 aliphatic heterocycles. The Morgan fingerprint density at radius 3 is 2.33 bits per heavy atom. The van der Waals surface area contributed by atoms with E-state index >= 15 is 0 Å². The normalized spacial score (nSPS) is 25.0. The number of rotatable bonds is 8. The zero-order valence-electron chi connectivity index (χ0n) is 17.2. The van der Waals surface area contributed by atoms with E-state index in [0.29, 0.717) is 39.0 Å². The van der Waals surface area contributed by atoms with Crippen molar-refractivity contribution in [3.8, 4) is 11.1 Å². The molecule has 2 aromatic carbocycles. The monoisotopic (exact) mass is 430 g/mol. The molecule has 1 aliphatic rings. The van der Waals surface area contributed by atoms with Crippen LogP contribution in [0.1, 0.15) is 31.2 Å². The van der Waals surface area contributed by atoms with Crippen LogP contribution in [-0.2, 0) is 15.9 Å². The second kappa shape index (κ2) is 9.88. The highest BCUT2D eigenvalue weighted by molar-refractivity contribution is 7.60. The van der Waals surface area contributed by atoms with Gasteiger partial charge in [0.05, 0.1) is 0 Å². The lowest BCUT2D eigenvalue weighted by atomic mass is 9.96. The first-order valence-corrected chi connectivity index (χ1v) is 12.3. The number of hydrogen-bond acceptors (Lipinski definition) is 4. The maximum absolute atomic E-state index is 13.1. The molecule has 0 saturated carbocycles. The lowest BCUT2D eigenvalue weighted by Gasteiger charge is -2.32. The van der Waals surface area contributed by atoms with Gasteiger partial charge >= 0.3 is 5.97 Å². The van der Waals surface area contributed by atoms with Crippen molar-refractivity contribution in [1.82, 2.24) is 4.90 Å². The van der Waals surface area contributed by atoms with Crippen LogP contribution in [0.2, 0.25) is 0 Å². The summed E-state index contributed by atoms with van der Waals surface area (Å²) < 4.78 is 13.1. The second-order valence-corrected chi connectivity index (χ2v) is 10.8. The second-order valence-electron chi connectivity index (χ2n) is 8.10. The van der Waals surface area contributed by atoms with E-state index in [4.69, 9.17) is 5.73 Å². The Hall–Kier alpha value is -1.98. The molecule has 1 saturated heterocycles. The number of aliphatic carboxylic acids is 1. The summed E-state index contributed by atoms with van der Waals surface area (Å²) in [6, 6.07) is 18.4. The van der Waals surface area contributed by atoms with Crippen molar-refractivity contribution in [2.75, 3.05) is 25.8 Å². The third-order valence-corrected chi connectivity index (χ3v) is 8.92. The van der Waals surface area contributed by atoms with Gasteiger partial charge in [0.1, 0.15) is 5.16 Å². The first-order valence-electron chi connectivity index (χ1n) is 10.5. The van der Waals surface area contributed by atoms with Crippen molar-refractivity contribution in [2.45, 2.75) is 37.4 Å². The molecule has 3 rings (SSSR count). The van der Waals surface area contributed by atoms with Crippen LogP contribution in [0.3, 0.4) is 0 Å². The van der Waals surface area contributed by atoms with Gasteiger partial charge in [-0.3, -0.25) is 14.3 Å². The molecular formula is C23H31N2O4P. The van der Waals surface area contributed by atoms with E-state index in [1.54, 1.807) is 0 Å². The van der Waals surface area contributed by atoms with E-state index in [1.165, 1.54) is 0 Å². The molecule has 2 atom stereocenters. The molecule has 1 fully saturated rings. The molecular weight excluding hydrogens is 399 g/mol. The highest BCUT2D eigenvalue weighted by atomic mass is 31.2. The molecule has 1 heterocycles. The summed E-state index contributed by atoms with van der Waals surface area (Å²) >= 11 is 0. The lowest BCUT2D eigenvalue weighted by Crippen LogP contribution is -2.40. The van der Waals surface area contributed by atoms with Crippen LogP contribution in [0.15, 0.2) is 54.6 Å². The van der Waals surface area contributed by atoms with Crippen LogP contribution in [0.5, 0.6) is 0 Å². The molecule has 0 amide bonds. The first kappa shape index (κ1) is 22.7. The molecule has 30 heavy (non-hydrogen) atoms. The zero-order valence-corrected chi connectivity index (χ0v) is 18.1. The van der Waals surface area contributed by atoms with Gasteiger partial charge < -0.3 is 15.7 Å². The number of nitrogens with two attached hydrogens (primary N) is 1. The zero-order chi connectivity index (χ0) is 21.6. The van der Waals surface area contributed by atoms with Crippen LogP contribution < -0.4 is 5.73 Å². The lowest BCUT2D eigenvalue weighted by molar-refractivity contribution is -0.141. The van der Waals surface area contributed by atoms with Gasteiger partial charge in [-0.1, -0.05) is 61.0 Å². The molecule has 162 valence electrons. The van der Waals surface area contributed by atoms with Crippen molar-refractivity contribution in [1.29, 1.82) is 0 Å². The fourth-order valence-corrected chi connectivity index (χ4v) is 6.43. The summed E-state index contributed by atoms with van der Waals surface area (Å²) in [7, 11) is -3.84. The summed E-state index contributed by atoms with van der Waals surface area (Å²) in [6.45, 7) is 1.99. The average molecular weight is 430 g/mol. The molecule has 0 aromatic heterocycles.